The van der Waals surface area contributed by atoms with Crippen molar-refractivity contribution in [3.05, 3.63) is 0 Å². The SMILES string of the molecule is CC(C)(N)C(=O)NCC1CCCS1(=O)=O. The summed E-state index contributed by atoms with van der Waals surface area (Å²) in [6.07, 6.45) is 1.32. The van der Waals surface area contributed by atoms with Crippen LogP contribution >= 0.6 is 0 Å². The van der Waals surface area contributed by atoms with Gasteiger partial charge in [0.25, 0.3) is 0 Å². The van der Waals surface area contributed by atoms with E-state index in [1.807, 2.05) is 0 Å². The van der Waals surface area contributed by atoms with Gasteiger partial charge in [0, 0.05) is 6.54 Å². The average molecular weight is 234 g/mol. The molecule has 1 saturated heterocycles. The molecule has 0 spiro atoms. The summed E-state index contributed by atoms with van der Waals surface area (Å²) >= 11 is 0. The molecule has 0 radical (unpaired) electrons. The third-order valence-corrected chi connectivity index (χ3v) is 4.81. The van der Waals surface area contributed by atoms with Gasteiger partial charge in [-0.1, -0.05) is 0 Å². The smallest absolute Gasteiger partial charge is 0.239 e. The van der Waals surface area contributed by atoms with Gasteiger partial charge in [0.2, 0.25) is 5.91 Å². The highest BCUT2D eigenvalue weighted by Gasteiger charge is 2.32. The molecular weight excluding hydrogens is 216 g/mol. The van der Waals surface area contributed by atoms with Crippen LogP contribution in [0.25, 0.3) is 0 Å². The van der Waals surface area contributed by atoms with Gasteiger partial charge >= 0.3 is 0 Å². The number of amides is 1. The molecule has 1 atom stereocenters. The van der Waals surface area contributed by atoms with Crippen LogP contribution in [0.4, 0.5) is 0 Å². The second-order valence-electron chi connectivity index (χ2n) is 4.56. The summed E-state index contributed by atoms with van der Waals surface area (Å²) in [5.74, 6) is -0.0795. The number of carbonyl (C=O) groups is 1. The fourth-order valence-electron chi connectivity index (χ4n) is 1.52. The van der Waals surface area contributed by atoms with E-state index in [2.05, 4.69) is 5.32 Å². The van der Waals surface area contributed by atoms with E-state index in [1.54, 1.807) is 13.8 Å². The molecule has 0 aliphatic carbocycles. The molecule has 0 bridgehead atoms. The molecule has 1 aliphatic heterocycles. The molecule has 0 aromatic heterocycles. The molecule has 1 rings (SSSR count). The predicted octanol–water partition coefficient (Wildman–Crippen LogP) is -0.583. The van der Waals surface area contributed by atoms with Gasteiger partial charge in [-0.05, 0) is 26.7 Å². The zero-order valence-corrected chi connectivity index (χ0v) is 9.93. The maximum absolute atomic E-state index is 11.4. The molecule has 15 heavy (non-hydrogen) atoms. The Morgan fingerprint density at radius 1 is 1.53 bits per heavy atom. The van der Waals surface area contributed by atoms with E-state index in [9.17, 15) is 13.2 Å². The van der Waals surface area contributed by atoms with Gasteiger partial charge in [0.05, 0.1) is 16.5 Å². The molecule has 0 saturated carbocycles. The highest BCUT2D eigenvalue weighted by molar-refractivity contribution is 7.92. The minimum absolute atomic E-state index is 0.182. The van der Waals surface area contributed by atoms with Gasteiger partial charge in [-0.2, -0.15) is 0 Å². The topological polar surface area (TPSA) is 89.3 Å². The number of rotatable bonds is 3. The highest BCUT2D eigenvalue weighted by atomic mass is 32.2. The van der Waals surface area contributed by atoms with Crippen molar-refractivity contribution in [2.75, 3.05) is 12.3 Å². The van der Waals surface area contributed by atoms with Gasteiger partial charge in [-0.15, -0.1) is 0 Å². The summed E-state index contributed by atoms with van der Waals surface area (Å²) in [4.78, 5) is 11.4. The molecule has 88 valence electrons. The summed E-state index contributed by atoms with van der Waals surface area (Å²) < 4.78 is 22.9. The predicted molar refractivity (Wildman–Crippen MR) is 58.1 cm³/mol. The minimum atomic E-state index is -2.98. The van der Waals surface area contributed by atoms with Crippen LogP contribution in [0.15, 0.2) is 0 Å². The van der Waals surface area contributed by atoms with Gasteiger partial charge < -0.3 is 11.1 Å². The lowest BCUT2D eigenvalue weighted by molar-refractivity contribution is -0.125. The summed E-state index contributed by atoms with van der Waals surface area (Å²) in [6, 6.07) is 0. The Bertz CT molecular complexity index is 343. The lowest BCUT2D eigenvalue weighted by Crippen LogP contribution is -2.51. The minimum Gasteiger partial charge on any atom is -0.353 e. The first kappa shape index (κ1) is 12.4. The van der Waals surface area contributed by atoms with E-state index >= 15 is 0 Å². The lowest BCUT2D eigenvalue weighted by atomic mass is 10.1. The monoisotopic (exact) mass is 234 g/mol. The van der Waals surface area contributed by atoms with Crippen LogP contribution < -0.4 is 11.1 Å². The molecule has 1 fully saturated rings. The molecule has 0 aromatic rings. The fourth-order valence-corrected chi connectivity index (χ4v) is 3.29. The van der Waals surface area contributed by atoms with E-state index in [-0.39, 0.29) is 18.2 Å². The van der Waals surface area contributed by atoms with Crippen LogP contribution in [-0.2, 0) is 14.6 Å². The number of nitrogens with two attached hydrogens (primary N) is 1. The summed E-state index contributed by atoms with van der Waals surface area (Å²) in [7, 11) is -2.98. The maximum atomic E-state index is 11.4. The second kappa shape index (κ2) is 4.09. The Labute approximate surface area is 90.3 Å². The molecule has 3 N–H and O–H groups in total. The number of hydrogen-bond acceptors (Lipinski definition) is 4. The Balaban J connectivity index is 2.48. The molecule has 1 unspecified atom stereocenters. The third kappa shape index (κ3) is 3.17. The second-order valence-corrected chi connectivity index (χ2v) is 6.96. The summed E-state index contributed by atoms with van der Waals surface area (Å²) in [5, 5.41) is 2.15. The van der Waals surface area contributed by atoms with E-state index in [4.69, 9.17) is 5.73 Å². The molecule has 1 amide bonds. The number of nitrogens with one attached hydrogen (secondary N) is 1. The molecular formula is C9H18N2O3S. The molecule has 5 nitrogen and oxygen atoms in total. The summed E-state index contributed by atoms with van der Waals surface area (Å²) in [5.41, 5.74) is 4.61. The molecule has 1 heterocycles. The van der Waals surface area contributed by atoms with Crippen molar-refractivity contribution in [3.63, 3.8) is 0 Å². The Morgan fingerprint density at radius 2 is 2.13 bits per heavy atom. The van der Waals surface area contributed by atoms with Gasteiger partial charge in [0.1, 0.15) is 0 Å². The van der Waals surface area contributed by atoms with E-state index in [0.29, 0.717) is 12.8 Å². The average Bonchev–Trinajstić information content (AvgIpc) is 2.39. The van der Waals surface area contributed by atoms with Crippen LogP contribution in [0.3, 0.4) is 0 Å². The first-order valence-electron chi connectivity index (χ1n) is 5.02. The Kier molecular flexibility index (Phi) is 3.40. The molecule has 0 aromatic carbocycles. The molecule has 1 aliphatic rings. The van der Waals surface area contributed by atoms with E-state index < -0.39 is 20.6 Å². The third-order valence-electron chi connectivity index (χ3n) is 2.54. The van der Waals surface area contributed by atoms with Crippen LogP contribution in [0.1, 0.15) is 26.7 Å². The van der Waals surface area contributed by atoms with Gasteiger partial charge in [-0.3, -0.25) is 4.79 Å². The Morgan fingerprint density at radius 3 is 2.53 bits per heavy atom. The van der Waals surface area contributed by atoms with Crippen molar-refractivity contribution in [2.45, 2.75) is 37.5 Å². The number of sulfone groups is 1. The zero-order chi connectivity index (χ0) is 11.7. The van der Waals surface area contributed by atoms with Crippen LogP contribution in [-0.4, -0.2) is 37.4 Å². The van der Waals surface area contributed by atoms with E-state index in [1.165, 1.54) is 0 Å². The number of carbonyl (C=O) groups excluding carboxylic acids is 1. The van der Waals surface area contributed by atoms with Crippen LogP contribution in [0, 0.1) is 0 Å². The first-order chi connectivity index (χ1) is 6.73. The van der Waals surface area contributed by atoms with Crippen molar-refractivity contribution >= 4 is 15.7 Å². The van der Waals surface area contributed by atoms with Crippen LogP contribution in [0.2, 0.25) is 0 Å². The zero-order valence-electron chi connectivity index (χ0n) is 9.12. The Hall–Kier alpha value is -0.620. The van der Waals surface area contributed by atoms with E-state index in [0.717, 1.165) is 0 Å². The fraction of sp³-hybridized carbons (Fsp3) is 0.889. The van der Waals surface area contributed by atoms with Crippen molar-refractivity contribution < 1.29 is 13.2 Å². The largest absolute Gasteiger partial charge is 0.353 e. The van der Waals surface area contributed by atoms with Crippen molar-refractivity contribution in [2.24, 2.45) is 5.73 Å². The highest BCUT2D eigenvalue weighted by Crippen LogP contribution is 2.19. The lowest BCUT2D eigenvalue weighted by Gasteiger charge is -2.19. The normalized spacial score (nSPS) is 25.1. The first-order valence-corrected chi connectivity index (χ1v) is 6.74. The van der Waals surface area contributed by atoms with Crippen molar-refractivity contribution in [1.29, 1.82) is 0 Å². The van der Waals surface area contributed by atoms with Gasteiger partial charge in [0.15, 0.2) is 9.84 Å². The molecule has 6 heteroatoms. The van der Waals surface area contributed by atoms with Gasteiger partial charge in [-0.25, -0.2) is 8.42 Å². The van der Waals surface area contributed by atoms with Crippen LogP contribution in [0.5, 0.6) is 0 Å². The maximum Gasteiger partial charge on any atom is 0.239 e. The van der Waals surface area contributed by atoms with Crippen molar-refractivity contribution in [3.8, 4) is 0 Å². The summed E-state index contributed by atoms with van der Waals surface area (Å²) in [6.45, 7) is 3.36. The van der Waals surface area contributed by atoms with Crippen molar-refractivity contribution in [1.82, 2.24) is 5.32 Å². The quantitative estimate of drug-likeness (QED) is 0.683. The standard InChI is InChI=1S/C9H18N2O3S/c1-9(2,10)8(12)11-6-7-4-3-5-15(7,13)14/h7H,3-6,10H2,1-2H3,(H,11,12). The number of hydrogen-bond donors (Lipinski definition) is 2.